The van der Waals surface area contributed by atoms with E-state index in [4.69, 9.17) is 10.2 Å². The van der Waals surface area contributed by atoms with Gasteiger partial charge >= 0.3 is 0 Å². The minimum atomic E-state index is -0.0302. The first-order chi connectivity index (χ1) is 6.74. The fourth-order valence-corrected chi connectivity index (χ4v) is 1.85. The molecule has 1 aromatic heterocycles. The molecular weight excluding hydrogens is 174 g/mol. The van der Waals surface area contributed by atoms with Gasteiger partial charge in [0.15, 0.2) is 0 Å². The summed E-state index contributed by atoms with van der Waals surface area (Å²) in [5, 5.41) is 1.20. The Labute approximate surface area is 83.7 Å². The Morgan fingerprint density at radius 2 is 2.07 bits per heavy atom. The molecule has 0 radical (unpaired) electrons. The van der Waals surface area contributed by atoms with Crippen LogP contribution in [0.2, 0.25) is 0 Å². The molecule has 0 aliphatic rings. The van der Waals surface area contributed by atoms with Crippen LogP contribution in [0.15, 0.2) is 28.7 Å². The summed E-state index contributed by atoms with van der Waals surface area (Å²) in [6.45, 7) is 4.08. The molecule has 0 saturated heterocycles. The van der Waals surface area contributed by atoms with Crippen LogP contribution in [0.25, 0.3) is 11.0 Å². The fraction of sp³-hybridized carbons (Fsp3) is 0.333. The van der Waals surface area contributed by atoms with Gasteiger partial charge in [-0.05, 0) is 19.4 Å². The van der Waals surface area contributed by atoms with E-state index in [-0.39, 0.29) is 6.04 Å². The monoisotopic (exact) mass is 189 g/mol. The third kappa shape index (κ3) is 1.32. The minimum Gasteiger partial charge on any atom is -0.459 e. The van der Waals surface area contributed by atoms with Gasteiger partial charge in [0.25, 0.3) is 0 Å². The van der Waals surface area contributed by atoms with Gasteiger partial charge in [-0.2, -0.15) is 0 Å². The minimum absolute atomic E-state index is 0.0302. The van der Waals surface area contributed by atoms with Crippen LogP contribution in [0.1, 0.15) is 31.2 Å². The van der Waals surface area contributed by atoms with Crippen molar-refractivity contribution >= 4 is 11.0 Å². The zero-order valence-electron chi connectivity index (χ0n) is 8.58. The molecule has 14 heavy (non-hydrogen) atoms. The summed E-state index contributed by atoms with van der Waals surface area (Å²) in [4.78, 5) is 0. The van der Waals surface area contributed by atoms with Crippen LogP contribution in [0.3, 0.4) is 0 Å². The van der Waals surface area contributed by atoms with Crippen LogP contribution in [0.5, 0.6) is 0 Å². The molecule has 0 spiro atoms. The molecule has 0 saturated carbocycles. The van der Waals surface area contributed by atoms with Gasteiger partial charge in [0.2, 0.25) is 0 Å². The topological polar surface area (TPSA) is 39.2 Å². The first-order valence-electron chi connectivity index (χ1n) is 5.00. The SMILES string of the molecule is CCc1c([C@@H](C)N)oc2ccccc12. The molecular formula is C12H15NO. The standard InChI is InChI=1S/C12H15NO/c1-3-9-10-6-4-5-7-11(10)14-12(9)8(2)13/h4-8H,3,13H2,1-2H3/t8-/m1/s1. The van der Waals surface area contributed by atoms with E-state index in [1.54, 1.807) is 0 Å². The lowest BCUT2D eigenvalue weighted by Crippen LogP contribution is -2.05. The van der Waals surface area contributed by atoms with Gasteiger partial charge in [-0.3, -0.25) is 0 Å². The van der Waals surface area contributed by atoms with E-state index in [1.807, 2.05) is 25.1 Å². The molecule has 2 nitrogen and oxygen atoms in total. The Bertz CT molecular complexity index is 443. The molecule has 0 unspecified atom stereocenters. The summed E-state index contributed by atoms with van der Waals surface area (Å²) in [6, 6.07) is 8.06. The summed E-state index contributed by atoms with van der Waals surface area (Å²) in [6.07, 6.45) is 0.966. The van der Waals surface area contributed by atoms with Gasteiger partial charge in [0, 0.05) is 10.9 Å². The van der Waals surface area contributed by atoms with Crippen molar-refractivity contribution in [2.45, 2.75) is 26.3 Å². The van der Waals surface area contributed by atoms with Crippen molar-refractivity contribution in [3.05, 3.63) is 35.6 Å². The predicted molar refractivity (Wildman–Crippen MR) is 58.2 cm³/mol. The second kappa shape index (κ2) is 3.46. The number of nitrogens with two attached hydrogens (primary N) is 1. The highest BCUT2D eigenvalue weighted by Gasteiger charge is 2.14. The summed E-state index contributed by atoms with van der Waals surface area (Å²) in [7, 11) is 0. The molecule has 2 rings (SSSR count). The molecule has 0 amide bonds. The first kappa shape index (κ1) is 9.28. The van der Waals surface area contributed by atoms with Gasteiger partial charge in [0.1, 0.15) is 11.3 Å². The van der Waals surface area contributed by atoms with Crippen LogP contribution in [0.4, 0.5) is 0 Å². The van der Waals surface area contributed by atoms with E-state index in [2.05, 4.69) is 13.0 Å². The van der Waals surface area contributed by atoms with E-state index in [0.717, 1.165) is 17.8 Å². The highest BCUT2D eigenvalue weighted by Crippen LogP contribution is 2.29. The maximum Gasteiger partial charge on any atom is 0.134 e. The number of rotatable bonds is 2. The Balaban J connectivity index is 2.72. The fourth-order valence-electron chi connectivity index (χ4n) is 1.85. The average Bonchev–Trinajstić information content (AvgIpc) is 2.56. The summed E-state index contributed by atoms with van der Waals surface area (Å²) >= 11 is 0. The molecule has 74 valence electrons. The Hall–Kier alpha value is -1.28. The summed E-state index contributed by atoms with van der Waals surface area (Å²) < 4.78 is 5.73. The zero-order chi connectivity index (χ0) is 10.1. The predicted octanol–water partition coefficient (Wildman–Crippen LogP) is 3.01. The Morgan fingerprint density at radius 3 is 2.71 bits per heavy atom. The largest absolute Gasteiger partial charge is 0.459 e. The normalized spacial score (nSPS) is 13.4. The Kier molecular flexibility index (Phi) is 2.30. The van der Waals surface area contributed by atoms with Crippen molar-refractivity contribution < 1.29 is 4.42 Å². The smallest absolute Gasteiger partial charge is 0.134 e. The van der Waals surface area contributed by atoms with Crippen molar-refractivity contribution in [1.29, 1.82) is 0 Å². The number of fused-ring (bicyclic) bond motifs is 1. The highest BCUT2D eigenvalue weighted by molar-refractivity contribution is 5.82. The first-order valence-corrected chi connectivity index (χ1v) is 5.00. The van der Waals surface area contributed by atoms with Crippen LogP contribution in [-0.4, -0.2) is 0 Å². The number of hydrogen-bond acceptors (Lipinski definition) is 2. The average molecular weight is 189 g/mol. The molecule has 2 N–H and O–H groups in total. The van der Waals surface area contributed by atoms with Gasteiger partial charge in [-0.1, -0.05) is 25.1 Å². The third-order valence-electron chi connectivity index (χ3n) is 2.50. The summed E-state index contributed by atoms with van der Waals surface area (Å²) in [5.74, 6) is 0.925. The molecule has 1 heterocycles. The van der Waals surface area contributed by atoms with Crippen LogP contribution in [-0.2, 0) is 6.42 Å². The van der Waals surface area contributed by atoms with E-state index in [9.17, 15) is 0 Å². The molecule has 0 fully saturated rings. The van der Waals surface area contributed by atoms with Crippen LogP contribution < -0.4 is 5.73 Å². The van der Waals surface area contributed by atoms with E-state index in [1.165, 1.54) is 10.9 Å². The van der Waals surface area contributed by atoms with Crippen molar-refractivity contribution in [2.24, 2.45) is 5.73 Å². The molecule has 2 heteroatoms. The lowest BCUT2D eigenvalue weighted by molar-refractivity contribution is 0.507. The quantitative estimate of drug-likeness (QED) is 0.788. The maximum atomic E-state index is 5.86. The molecule has 2 aromatic rings. The van der Waals surface area contributed by atoms with Crippen molar-refractivity contribution in [2.75, 3.05) is 0 Å². The van der Waals surface area contributed by atoms with Gasteiger partial charge < -0.3 is 10.2 Å². The van der Waals surface area contributed by atoms with Crippen molar-refractivity contribution in [1.82, 2.24) is 0 Å². The molecule has 0 bridgehead atoms. The molecule has 1 aromatic carbocycles. The van der Waals surface area contributed by atoms with Crippen LogP contribution in [0, 0.1) is 0 Å². The van der Waals surface area contributed by atoms with E-state index < -0.39 is 0 Å². The third-order valence-corrected chi connectivity index (χ3v) is 2.50. The van der Waals surface area contributed by atoms with E-state index >= 15 is 0 Å². The van der Waals surface area contributed by atoms with Gasteiger partial charge in [-0.25, -0.2) is 0 Å². The Morgan fingerprint density at radius 1 is 1.36 bits per heavy atom. The summed E-state index contributed by atoms with van der Waals surface area (Å²) in [5.41, 5.74) is 8.05. The van der Waals surface area contributed by atoms with Gasteiger partial charge in [0.05, 0.1) is 6.04 Å². The number of para-hydroxylation sites is 1. The highest BCUT2D eigenvalue weighted by atomic mass is 16.3. The second-order valence-electron chi connectivity index (χ2n) is 3.58. The lowest BCUT2D eigenvalue weighted by Gasteiger charge is -2.02. The number of aryl methyl sites for hydroxylation is 1. The van der Waals surface area contributed by atoms with Gasteiger partial charge in [-0.15, -0.1) is 0 Å². The van der Waals surface area contributed by atoms with Crippen molar-refractivity contribution in [3.63, 3.8) is 0 Å². The molecule has 1 atom stereocenters. The number of hydrogen-bond donors (Lipinski definition) is 1. The number of furan rings is 1. The molecule has 0 aliphatic carbocycles. The van der Waals surface area contributed by atoms with E-state index in [0.29, 0.717) is 0 Å². The second-order valence-corrected chi connectivity index (χ2v) is 3.58. The zero-order valence-corrected chi connectivity index (χ0v) is 8.58. The lowest BCUT2D eigenvalue weighted by atomic mass is 10.1. The number of benzene rings is 1. The van der Waals surface area contributed by atoms with Crippen LogP contribution >= 0.6 is 0 Å². The van der Waals surface area contributed by atoms with Crippen molar-refractivity contribution in [3.8, 4) is 0 Å². The maximum absolute atomic E-state index is 5.86. The molecule has 0 aliphatic heterocycles.